The molecule has 0 aromatic heterocycles. The summed E-state index contributed by atoms with van der Waals surface area (Å²) in [4.78, 5) is 0. The molecule has 1 saturated carbocycles. The van der Waals surface area contributed by atoms with E-state index in [4.69, 9.17) is 0 Å². The molecule has 3 unspecified atom stereocenters. The van der Waals surface area contributed by atoms with Gasteiger partial charge in [-0.25, -0.2) is 4.39 Å². The second kappa shape index (κ2) is 3.42. The number of halogens is 1. The molecule has 0 amide bonds. The molecular formula is C16H14FP. The van der Waals surface area contributed by atoms with Crippen molar-refractivity contribution in [2.45, 2.75) is 23.7 Å². The van der Waals surface area contributed by atoms with E-state index < -0.39 is 5.41 Å². The molecule has 4 rings (SSSR count). The first kappa shape index (κ1) is 10.7. The third-order valence-corrected chi connectivity index (χ3v) is 5.06. The predicted octanol–water partition coefficient (Wildman–Crippen LogP) is 4.01. The van der Waals surface area contributed by atoms with Crippen molar-refractivity contribution in [3.63, 3.8) is 0 Å². The molecule has 90 valence electrons. The third kappa shape index (κ3) is 1.29. The summed E-state index contributed by atoms with van der Waals surface area (Å²) in [5.41, 5.74) is 4.94. The fourth-order valence-corrected chi connectivity index (χ4v) is 4.06. The first-order chi connectivity index (χ1) is 8.69. The molecule has 0 radical (unpaired) electrons. The molecule has 18 heavy (non-hydrogen) atoms. The van der Waals surface area contributed by atoms with Gasteiger partial charge in [-0.1, -0.05) is 57.8 Å². The molecule has 2 aromatic rings. The van der Waals surface area contributed by atoms with E-state index in [1.165, 1.54) is 22.3 Å². The van der Waals surface area contributed by atoms with E-state index in [1.807, 2.05) is 24.3 Å². The minimum absolute atomic E-state index is 0.0161. The molecule has 0 bridgehead atoms. The predicted molar refractivity (Wildman–Crippen MR) is 74.7 cm³/mol. The average Bonchev–Trinajstić information content (AvgIpc) is 2.98. The van der Waals surface area contributed by atoms with E-state index in [9.17, 15) is 4.39 Å². The lowest BCUT2D eigenvalue weighted by Crippen LogP contribution is -2.01. The Morgan fingerprint density at radius 3 is 1.83 bits per heavy atom. The summed E-state index contributed by atoms with van der Waals surface area (Å²) in [5, 5.41) is -1.16. The Kier molecular flexibility index (Phi) is 2.03. The molecule has 0 heterocycles. The normalized spacial score (nSPS) is 31.9. The molecule has 0 spiro atoms. The van der Waals surface area contributed by atoms with E-state index in [1.54, 1.807) is 0 Å². The van der Waals surface area contributed by atoms with Crippen molar-refractivity contribution in [1.82, 2.24) is 0 Å². The summed E-state index contributed by atoms with van der Waals surface area (Å²) < 4.78 is 14.7. The number of hydrogen-bond donors (Lipinski definition) is 0. The van der Waals surface area contributed by atoms with Gasteiger partial charge in [-0.3, -0.25) is 0 Å². The SMILES string of the molecule is FC1(P)C2c3ccccc3Cc3ccccc3C21. The lowest BCUT2D eigenvalue weighted by atomic mass is 9.97. The van der Waals surface area contributed by atoms with E-state index in [0.29, 0.717) is 0 Å². The summed E-state index contributed by atoms with van der Waals surface area (Å²) in [5.74, 6) is 0.0321. The van der Waals surface area contributed by atoms with Gasteiger partial charge in [-0.2, -0.15) is 0 Å². The summed E-state index contributed by atoms with van der Waals surface area (Å²) in [6, 6.07) is 16.6. The minimum Gasteiger partial charge on any atom is -0.238 e. The zero-order chi connectivity index (χ0) is 12.3. The van der Waals surface area contributed by atoms with Crippen LogP contribution in [0, 0.1) is 0 Å². The highest BCUT2D eigenvalue weighted by Crippen LogP contribution is 2.71. The standard InChI is InChI=1S/C16H14FP/c17-16(18)14-12-7-3-1-5-10(12)9-11-6-2-4-8-13(11)15(14)16/h1-8,14-15H,9,18H2. The van der Waals surface area contributed by atoms with Crippen molar-refractivity contribution in [2.75, 3.05) is 0 Å². The quantitative estimate of drug-likeness (QED) is 0.625. The van der Waals surface area contributed by atoms with Crippen molar-refractivity contribution in [2.24, 2.45) is 0 Å². The van der Waals surface area contributed by atoms with E-state index >= 15 is 0 Å². The largest absolute Gasteiger partial charge is 0.238 e. The zero-order valence-corrected chi connectivity index (χ0v) is 11.1. The maximum atomic E-state index is 14.7. The zero-order valence-electron chi connectivity index (χ0n) is 9.94. The Hall–Kier alpha value is -1.20. The Labute approximate surface area is 108 Å². The van der Waals surface area contributed by atoms with Crippen LogP contribution in [0.5, 0.6) is 0 Å². The highest BCUT2D eigenvalue weighted by atomic mass is 31.0. The maximum Gasteiger partial charge on any atom is 0.138 e. The molecule has 0 nitrogen and oxygen atoms in total. The Bertz CT molecular complexity index is 579. The molecule has 0 N–H and O–H groups in total. The lowest BCUT2D eigenvalue weighted by Gasteiger charge is -2.11. The lowest BCUT2D eigenvalue weighted by molar-refractivity contribution is 0.415. The van der Waals surface area contributed by atoms with Crippen LogP contribution in [0.25, 0.3) is 0 Å². The number of hydrogen-bond acceptors (Lipinski definition) is 0. The van der Waals surface area contributed by atoms with E-state index in [-0.39, 0.29) is 11.8 Å². The molecular weight excluding hydrogens is 242 g/mol. The maximum absolute atomic E-state index is 14.7. The Morgan fingerprint density at radius 2 is 1.33 bits per heavy atom. The van der Waals surface area contributed by atoms with Crippen molar-refractivity contribution in [3.05, 3.63) is 70.8 Å². The second-order valence-corrected chi connectivity index (χ2v) is 6.24. The van der Waals surface area contributed by atoms with Crippen LogP contribution in [0.15, 0.2) is 48.5 Å². The summed E-state index contributed by atoms with van der Waals surface area (Å²) in [6.45, 7) is 0. The van der Waals surface area contributed by atoms with Gasteiger partial charge in [-0.05, 0) is 28.7 Å². The second-order valence-electron chi connectivity index (χ2n) is 5.36. The molecule has 0 saturated heterocycles. The van der Waals surface area contributed by atoms with Crippen LogP contribution < -0.4 is 0 Å². The van der Waals surface area contributed by atoms with Gasteiger partial charge in [-0.15, -0.1) is 0 Å². The van der Waals surface area contributed by atoms with E-state index in [2.05, 4.69) is 33.5 Å². The average molecular weight is 256 g/mol. The highest BCUT2D eigenvalue weighted by molar-refractivity contribution is 7.19. The van der Waals surface area contributed by atoms with Crippen LogP contribution in [0.1, 0.15) is 34.1 Å². The summed E-state index contributed by atoms with van der Waals surface area (Å²) in [6.07, 6.45) is 0.931. The molecule has 2 aromatic carbocycles. The number of fused-ring (bicyclic) bond motifs is 5. The van der Waals surface area contributed by atoms with Gasteiger partial charge in [0.15, 0.2) is 0 Å². The third-order valence-electron chi connectivity index (χ3n) is 4.34. The van der Waals surface area contributed by atoms with Crippen molar-refractivity contribution in [1.29, 1.82) is 0 Å². The molecule has 3 atom stereocenters. The van der Waals surface area contributed by atoms with Crippen LogP contribution in [0.2, 0.25) is 0 Å². The topological polar surface area (TPSA) is 0 Å². The van der Waals surface area contributed by atoms with Crippen LogP contribution in [-0.4, -0.2) is 5.41 Å². The Morgan fingerprint density at radius 1 is 0.889 bits per heavy atom. The van der Waals surface area contributed by atoms with Gasteiger partial charge in [0.2, 0.25) is 0 Å². The fraction of sp³-hybridized carbons (Fsp3) is 0.250. The first-order valence-electron chi connectivity index (χ1n) is 6.33. The van der Waals surface area contributed by atoms with Crippen LogP contribution in [0.4, 0.5) is 4.39 Å². The van der Waals surface area contributed by atoms with E-state index in [0.717, 1.165) is 6.42 Å². The smallest absolute Gasteiger partial charge is 0.138 e. The molecule has 2 heteroatoms. The Balaban J connectivity index is 1.98. The van der Waals surface area contributed by atoms with Gasteiger partial charge in [0.1, 0.15) is 5.41 Å². The van der Waals surface area contributed by atoms with Crippen molar-refractivity contribution < 1.29 is 4.39 Å². The van der Waals surface area contributed by atoms with Gasteiger partial charge in [0.25, 0.3) is 0 Å². The molecule has 0 aliphatic heterocycles. The summed E-state index contributed by atoms with van der Waals surface area (Å²) in [7, 11) is 2.43. The monoisotopic (exact) mass is 256 g/mol. The van der Waals surface area contributed by atoms with Crippen LogP contribution in [-0.2, 0) is 6.42 Å². The minimum atomic E-state index is -1.16. The summed E-state index contributed by atoms with van der Waals surface area (Å²) >= 11 is 0. The van der Waals surface area contributed by atoms with Crippen LogP contribution in [0.3, 0.4) is 0 Å². The van der Waals surface area contributed by atoms with Crippen LogP contribution >= 0.6 is 9.24 Å². The van der Waals surface area contributed by atoms with Gasteiger partial charge in [0, 0.05) is 11.8 Å². The highest BCUT2D eigenvalue weighted by Gasteiger charge is 2.65. The molecule has 2 aliphatic rings. The van der Waals surface area contributed by atoms with Crippen molar-refractivity contribution in [3.8, 4) is 0 Å². The molecule has 1 fully saturated rings. The number of alkyl halides is 1. The van der Waals surface area contributed by atoms with Gasteiger partial charge < -0.3 is 0 Å². The number of benzene rings is 2. The fourth-order valence-electron chi connectivity index (χ4n) is 3.41. The van der Waals surface area contributed by atoms with Gasteiger partial charge >= 0.3 is 0 Å². The first-order valence-corrected chi connectivity index (χ1v) is 6.90. The number of rotatable bonds is 0. The van der Waals surface area contributed by atoms with Gasteiger partial charge in [0.05, 0.1) is 0 Å². The molecule has 2 aliphatic carbocycles. The van der Waals surface area contributed by atoms with Crippen molar-refractivity contribution >= 4 is 9.24 Å².